The molecular formula is C16H22Cl2N2O. The zero-order chi connectivity index (χ0) is 15.4. The lowest BCUT2D eigenvalue weighted by Gasteiger charge is -2.33. The highest BCUT2D eigenvalue weighted by Crippen LogP contribution is 2.27. The first kappa shape index (κ1) is 16.6. The molecule has 1 N–H and O–H groups in total. The first-order valence-electron chi connectivity index (χ1n) is 7.46. The van der Waals surface area contributed by atoms with Crippen molar-refractivity contribution in [2.45, 2.75) is 32.7 Å². The maximum atomic E-state index is 12.8. The van der Waals surface area contributed by atoms with E-state index in [1.165, 1.54) is 6.42 Å². The number of carbonyl (C=O) groups is 1. The van der Waals surface area contributed by atoms with Crippen molar-refractivity contribution in [3.8, 4) is 0 Å². The van der Waals surface area contributed by atoms with E-state index in [-0.39, 0.29) is 11.9 Å². The summed E-state index contributed by atoms with van der Waals surface area (Å²) in [5, 5.41) is 4.16. The second-order valence-electron chi connectivity index (χ2n) is 5.87. The molecule has 0 saturated carbocycles. The number of hydrogen-bond donors (Lipinski definition) is 1. The molecule has 0 aliphatic carbocycles. The normalized spacial score (nSPS) is 18.8. The molecule has 21 heavy (non-hydrogen) atoms. The first-order valence-corrected chi connectivity index (χ1v) is 8.22. The van der Waals surface area contributed by atoms with Crippen molar-refractivity contribution in [3.05, 3.63) is 33.8 Å². The molecule has 0 aromatic heterocycles. The highest BCUT2D eigenvalue weighted by atomic mass is 35.5. The van der Waals surface area contributed by atoms with Gasteiger partial charge in [0.1, 0.15) is 0 Å². The molecule has 1 atom stereocenters. The Balaban J connectivity index is 2.17. The Hall–Kier alpha value is -0.770. The van der Waals surface area contributed by atoms with Crippen LogP contribution < -0.4 is 5.32 Å². The molecule has 0 radical (unpaired) electrons. The molecule has 1 heterocycles. The average molecular weight is 329 g/mol. The molecule has 1 aromatic rings. The second-order valence-corrected chi connectivity index (χ2v) is 6.65. The van der Waals surface area contributed by atoms with Crippen LogP contribution in [-0.2, 0) is 0 Å². The second kappa shape index (κ2) is 7.48. The highest BCUT2D eigenvalue weighted by molar-refractivity contribution is 6.43. The van der Waals surface area contributed by atoms with Gasteiger partial charge in [0.15, 0.2) is 0 Å². The van der Waals surface area contributed by atoms with Crippen LogP contribution in [0.25, 0.3) is 0 Å². The van der Waals surface area contributed by atoms with E-state index in [2.05, 4.69) is 5.32 Å². The molecule has 1 saturated heterocycles. The van der Waals surface area contributed by atoms with Crippen molar-refractivity contribution < 1.29 is 4.79 Å². The third-order valence-electron chi connectivity index (χ3n) is 3.92. The number of halogens is 2. The van der Waals surface area contributed by atoms with Crippen LogP contribution in [0.15, 0.2) is 18.2 Å². The van der Waals surface area contributed by atoms with Crippen LogP contribution >= 0.6 is 23.2 Å². The fourth-order valence-corrected chi connectivity index (χ4v) is 3.09. The van der Waals surface area contributed by atoms with Crippen molar-refractivity contribution in [1.29, 1.82) is 0 Å². The molecule has 116 valence electrons. The Kier molecular flexibility index (Phi) is 5.91. The smallest absolute Gasteiger partial charge is 0.255 e. The number of rotatable bonds is 4. The van der Waals surface area contributed by atoms with Gasteiger partial charge in [-0.1, -0.05) is 29.3 Å². The molecule has 1 aromatic carbocycles. The van der Waals surface area contributed by atoms with Gasteiger partial charge in [-0.3, -0.25) is 4.79 Å². The fourth-order valence-electron chi connectivity index (χ4n) is 2.71. The molecule has 0 bridgehead atoms. The standard InChI is InChI=1S/C16H22Cl2N2O/c1-11(2)20(10-12-5-4-8-19-9-12)16(21)13-6-3-7-14(17)15(13)18/h3,6-7,11-12,19H,4-5,8-10H2,1-2H3. The summed E-state index contributed by atoms with van der Waals surface area (Å²) in [5.41, 5.74) is 0.488. The quantitative estimate of drug-likeness (QED) is 0.910. The van der Waals surface area contributed by atoms with Gasteiger partial charge in [-0.15, -0.1) is 0 Å². The largest absolute Gasteiger partial charge is 0.336 e. The lowest BCUT2D eigenvalue weighted by Crippen LogP contribution is -2.44. The van der Waals surface area contributed by atoms with Crippen LogP contribution in [0.3, 0.4) is 0 Å². The summed E-state index contributed by atoms with van der Waals surface area (Å²) in [5.74, 6) is 0.464. The molecule has 1 aliphatic rings. The van der Waals surface area contributed by atoms with Gasteiger partial charge < -0.3 is 10.2 Å². The van der Waals surface area contributed by atoms with Crippen LogP contribution in [0.1, 0.15) is 37.0 Å². The monoisotopic (exact) mass is 328 g/mol. The number of benzene rings is 1. The van der Waals surface area contributed by atoms with E-state index in [1.807, 2.05) is 18.7 Å². The minimum Gasteiger partial charge on any atom is -0.336 e. The van der Waals surface area contributed by atoms with Crippen LogP contribution in [0.5, 0.6) is 0 Å². The molecule has 1 aliphatic heterocycles. The van der Waals surface area contributed by atoms with Crippen LogP contribution in [0.4, 0.5) is 0 Å². The van der Waals surface area contributed by atoms with Gasteiger partial charge in [0.05, 0.1) is 15.6 Å². The van der Waals surface area contributed by atoms with Gasteiger partial charge in [0, 0.05) is 12.6 Å². The van der Waals surface area contributed by atoms with E-state index < -0.39 is 0 Å². The third-order valence-corrected chi connectivity index (χ3v) is 4.74. The molecule has 1 fully saturated rings. The average Bonchev–Trinajstić information content (AvgIpc) is 2.48. The van der Waals surface area contributed by atoms with Gasteiger partial charge in [0.2, 0.25) is 0 Å². The summed E-state index contributed by atoms with van der Waals surface area (Å²) < 4.78 is 0. The molecule has 3 nitrogen and oxygen atoms in total. The lowest BCUT2D eigenvalue weighted by molar-refractivity contribution is 0.0661. The maximum Gasteiger partial charge on any atom is 0.255 e. The van der Waals surface area contributed by atoms with Crippen molar-refractivity contribution in [3.63, 3.8) is 0 Å². The number of hydrogen-bond acceptors (Lipinski definition) is 2. The van der Waals surface area contributed by atoms with Crippen LogP contribution in [-0.4, -0.2) is 36.5 Å². The number of piperidine rings is 1. The Morgan fingerprint density at radius 3 is 2.81 bits per heavy atom. The van der Waals surface area contributed by atoms with Gasteiger partial charge in [-0.25, -0.2) is 0 Å². The summed E-state index contributed by atoms with van der Waals surface area (Å²) in [6.07, 6.45) is 2.33. The number of nitrogens with one attached hydrogen (secondary N) is 1. The highest BCUT2D eigenvalue weighted by Gasteiger charge is 2.25. The van der Waals surface area contributed by atoms with Crippen molar-refractivity contribution >= 4 is 29.1 Å². The van der Waals surface area contributed by atoms with Crippen molar-refractivity contribution in [2.24, 2.45) is 5.92 Å². The predicted octanol–water partition coefficient (Wildman–Crippen LogP) is 3.84. The zero-order valence-corrected chi connectivity index (χ0v) is 14.0. The van der Waals surface area contributed by atoms with Gasteiger partial charge in [-0.05, 0) is 57.8 Å². The topological polar surface area (TPSA) is 32.3 Å². The van der Waals surface area contributed by atoms with E-state index in [9.17, 15) is 4.79 Å². The summed E-state index contributed by atoms with van der Waals surface area (Å²) in [4.78, 5) is 14.7. The van der Waals surface area contributed by atoms with E-state index in [1.54, 1.807) is 18.2 Å². The Bertz CT molecular complexity index is 499. The van der Waals surface area contributed by atoms with Gasteiger partial charge >= 0.3 is 0 Å². The molecule has 1 unspecified atom stereocenters. The number of carbonyl (C=O) groups excluding carboxylic acids is 1. The first-order chi connectivity index (χ1) is 10.0. The number of amides is 1. The molecule has 1 amide bonds. The summed E-state index contributed by atoms with van der Waals surface area (Å²) in [7, 11) is 0. The van der Waals surface area contributed by atoms with Gasteiger partial charge in [-0.2, -0.15) is 0 Å². The summed E-state index contributed by atoms with van der Waals surface area (Å²) >= 11 is 12.2. The Morgan fingerprint density at radius 1 is 1.43 bits per heavy atom. The molecule has 0 spiro atoms. The molecule has 2 rings (SSSR count). The van der Waals surface area contributed by atoms with E-state index in [4.69, 9.17) is 23.2 Å². The molecular weight excluding hydrogens is 307 g/mol. The Labute approximate surface area is 136 Å². The number of nitrogens with zero attached hydrogens (tertiary/aromatic N) is 1. The lowest BCUT2D eigenvalue weighted by atomic mass is 9.98. The van der Waals surface area contributed by atoms with Crippen LogP contribution in [0.2, 0.25) is 10.0 Å². The summed E-state index contributed by atoms with van der Waals surface area (Å²) in [6, 6.07) is 5.34. The minimum atomic E-state index is -0.0388. The predicted molar refractivity (Wildman–Crippen MR) is 88.2 cm³/mol. The third kappa shape index (κ3) is 4.12. The SMILES string of the molecule is CC(C)N(CC1CCCNC1)C(=O)c1cccc(Cl)c1Cl. The van der Waals surface area contributed by atoms with E-state index >= 15 is 0 Å². The Morgan fingerprint density at radius 2 is 2.19 bits per heavy atom. The minimum absolute atomic E-state index is 0.0388. The van der Waals surface area contributed by atoms with Crippen molar-refractivity contribution in [1.82, 2.24) is 10.2 Å². The van der Waals surface area contributed by atoms with Crippen molar-refractivity contribution in [2.75, 3.05) is 19.6 Å². The van der Waals surface area contributed by atoms with E-state index in [0.29, 0.717) is 21.5 Å². The van der Waals surface area contributed by atoms with E-state index in [0.717, 1.165) is 26.1 Å². The zero-order valence-electron chi connectivity index (χ0n) is 12.5. The van der Waals surface area contributed by atoms with Crippen LogP contribution in [0, 0.1) is 5.92 Å². The molecule has 5 heteroatoms. The fraction of sp³-hybridized carbons (Fsp3) is 0.562. The summed E-state index contributed by atoms with van der Waals surface area (Å²) in [6.45, 7) is 6.87. The maximum absolute atomic E-state index is 12.8. The van der Waals surface area contributed by atoms with Gasteiger partial charge in [0.25, 0.3) is 5.91 Å².